The number of amides is 4. The predicted molar refractivity (Wildman–Crippen MR) is 209 cm³/mol. The SMILES string of the molecule is Nc1ncnc2c1c(-c1ccc(Oc3ccccc3)cc1)nn2C1CCC(CN[C@H]2CCCN(c3ccc4c(c3)C(=O)N(C3CCC(=O)NC3=O)C4=O)C2)CC1F. The molecule has 5 heterocycles. The third-order valence-electron chi connectivity index (χ3n) is 11.7. The quantitative estimate of drug-likeness (QED) is 0.168. The monoisotopic (exact) mass is 771 g/mol. The molecular weight excluding hydrogens is 730 g/mol. The lowest BCUT2D eigenvalue weighted by molar-refractivity contribution is -0.136. The summed E-state index contributed by atoms with van der Waals surface area (Å²) < 4.78 is 23.9. The Morgan fingerprint density at radius 2 is 1.68 bits per heavy atom. The van der Waals surface area contributed by atoms with E-state index in [1.807, 2.05) is 60.7 Å². The molecule has 9 rings (SSSR count). The highest BCUT2D eigenvalue weighted by atomic mass is 19.1. The molecule has 5 aromatic rings. The summed E-state index contributed by atoms with van der Waals surface area (Å²) in [6.45, 7) is 2.14. The molecular formula is C42H42FN9O5. The zero-order chi connectivity index (χ0) is 39.2. The molecule has 0 radical (unpaired) electrons. The molecule has 3 aromatic carbocycles. The van der Waals surface area contributed by atoms with Gasteiger partial charge in [-0.25, -0.2) is 19.0 Å². The number of imide groups is 2. The van der Waals surface area contributed by atoms with Crippen molar-refractivity contribution in [2.45, 2.75) is 69.2 Å². The Morgan fingerprint density at radius 1 is 0.895 bits per heavy atom. The van der Waals surface area contributed by atoms with Crippen molar-refractivity contribution in [2.24, 2.45) is 5.92 Å². The van der Waals surface area contributed by atoms with Gasteiger partial charge in [0.2, 0.25) is 11.8 Å². The number of rotatable bonds is 9. The highest BCUT2D eigenvalue weighted by Gasteiger charge is 2.45. The van der Waals surface area contributed by atoms with Crippen molar-refractivity contribution in [3.05, 3.63) is 90.3 Å². The number of hydrogen-bond acceptors (Lipinski definition) is 11. The minimum absolute atomic E-state index is 0.0700. The second-order valence-corrected chi connectivity index (χ2v) is 15.3. The summed E-state index contributed by atoms with van der Waals surface area (Å²) in [7, 11) is 0. The van der Waals surface area contributed by atoms with Gasteiger partial charge in [-0.3, -0.25) is 29.4 Å². The van der Waals surface area contributed by atoms with Gasteiger partial charge in [-0.05, 0) is 106 Å². The van der Waals surface area contributed by atoms with Crippen LogP contribution < -0.4 is 26.0 Å². The van der Waals surface area contributed by atoms with Crippen LogP contribution >= 0.6 is 0 Å². The Hall–Kier alpha value is -6.22. The van der Waals surface area contributed by atoms with Gasteiger partial charge in [0.15, 0.2) is 5.65 Å². The fraction of sp³-hybridized carbons (Fsp3) is 0.357. The number of piperidine rings is 2. The van der Waals surface area contributed by atoms with Crippen LogP contribution in [0.3, 0.4) is 0 Å². The van der Waals surface area contributed by atoms with E-state index in [2.05, 4.69) is 25.5 Å². The van der Waals surface area contributed by atoms with Crippen molar-refractivity contribution < 1.29 is 28.3 Å². The Kier molecular flexibility index (Phi) is 9.60. The number of carbonyl (C=O) groups is 4. The Labute approximate surface area is 327 Å². The minimum Gasteiger partial charge on any atom is -0.457 e. The van der Waals surface area contributed by atoms with Crippen molar-refractivity contribution in [3.63, 3.8) is 0 Å². The molecule has 1 saturated carbocycles. The molecule has 14 nitrogen and oxygen atoms in total. The van der Waals surface area contributed by atoms with Crippen molar-refractivity contribution in [1.29, 1.82) is 0 Å². The van der Waals surface area contributed by atoms with E-state index in [4.69, 9.17) is 15.6 Å². The van der Waals surface area contributed by atoms with Gasteiger partial charge in [0.05, 0.1) is 22.6 Å². The fourth-order valence-corrected chi connectivity index (χ4v) is 8.74. The lowest BCUT2D eigenvalue weighted by Crippen LogP contribution is -2.54. The summed E-state index contributed by atoms with van der Waals surface area (Å²) in [6.07, 6.45) is 4.08. The zero-order valence-electron chi connectivity index (χ0n) is 31.1. The number of aromatic nitrogens is 4. The Morgan fingerprint density at radius 3 is 2.47 bits per heavy atom. The first-order valence-electron chi connectivity index (χ1n) is 19.5. The number of nitrogens with one attached hydrogen (secondary N) is 2. The number of fused-ring (bicyclic) bond motifs is 2. The van der Waals surface area contributed by atoms with Crippen LogP contribution in [0.15, 0.2) is 79.1 Å². The summed E-state index contributed by atoms with van der Waals surface area (Å²) in [4.78, 5) is 62.7. The molecule has 0 spiro atoms. The molecule has 2 aromatic heterocycles. The number of benzene rings is 3. The zero-order valence-corrected chi connectivity index (χ0v) is 31.1. The van der Waals surface area contributed by atoms with Crippen LogP contribution in [0.4, 0.5) is 15.9 Å². The lowest BCUT2D eigenvalue weighted by Gasteiger charge is -2.37. The number of nitrogens with two attached hydrogens (primary N) is 1. The maximum Gasteiger partial charge on any atom is 0.262 e. The second-order valence-electron chi connectivity index (χ2n) is 15.3. The van der Waals surface area contributed by atoms with E-state index in [1.165, 1.54) is 6.33 Å². The number of carbonyl (C=O) groups excluding carboxylic acids is 4. The van der Waals surface area contributed by atoms with Gasteiger partial charge in [-0.2, -0.15) is 5.10 Å². The molecule has 5 atom stereocenters. The average molecular weight is 772 g/mol. The molecule has 1 aliphatic carbocycles. The smallest absolute Gasteiger partial charge is 0.262 e. The van der Waals surface area contributed by atoms with Crippen molar-refractivity contribution in [2.75, 3.05) is 30.3 Å². The first-order valence-corrected chi connectivity index (χ1v) is 19.5. The van der Waals surface area contributed by atoms with Gasteiger partial charge in [-0.1, -0.05) is 18.2 Å². The van der Waals surface area contributed by atoms with E-state index in [0.717, 1.165) is 47.7 Å². The molecule has 2 saturated heterocycles. The van der Waals surface area contributed by atoms with Gasteiger partial charge in [0.1, 0.15) is 41.6 Å². The van der Waals surface area contributed by atoms with Crippen LogP contribution in [0.2, 0.25) is 0 Å². The molecule has 3 fully saturated rings. The van der Waals surface area contributed by atoms with E-state index in [-0.39, 0.29) is 41.7 Å². The van der Waals surface area contributed by atoms with E-state index in [9.17, 15) is 19.2 Å². The topological polar surface area (TPSA) is 178 Å². The van der Waals surface area contributed by atoms with Gasteiger partial charge in [-0.15, -0.1) is 0 Å². The highest BCUT2D eigenvalue weighted by Crippen LogP contribution is 2.40. The van der Waals surface area contributed by atoms with Gasteiger partial charge >= 0.3 is 0 Å². The van der Waals surface area contributed by atoms with Gasteiger partial charge in [0, 0.05) is 36.8 Å². The molecule has 4 N–H and O–H groups in total. The van der Waals surface area contributed by atoms with Gasteiger partial charge in [0.25, 0.3) is 11.8 Å². The number of para-hydroxylation sites is 1. The number of alkyl halides is 1. The summed E-state index contributed by atoms with van der Waals surface area (Å²) in [5.41, 5.74) is 9.62. The van der Waals surface area contributed by atoms with Crippen molar-refractivity contribution in [1.82, 2.24) is 35.3 Å². The van der Waals surface area contributed by atoms with Crippen LogP contribution in [0.25, 0.3) is 22.3 Å². The third-order valence-corrected chi connectivity index (χ3v) is 11.7. The largest absolute Gasteiger partial charge is 0.457 e. The summed E-state index contributed by atoms with van der Waals surface area (Å²) in [5.74, 6) is -0.257. The van der Waals surface area contributed by atoms with Crippen LogP contribution in [-0.4, -0.2) is 86.2 Å². The molecule has 15 heteroatoms. The number of hydrogen-bond donors (Lipinski definition) is 3. The normalized spacial score (nSPS) is 23.8. The molecule has 4 unspecified atom stereocenters. The fourth-order valence-electron chi connectivity index (χ4n) is 8.74. The van der Waals surface area contributed by atoms with Crippen molar-refractivity contribution >= 4 is 46.2 Å². The maximum absolute atomic E-state index is 16.2. The third kappa shape index (κ3) is 6.96. The molecule has 0 bridgehead atoms. The number of ether oxygens (including phenoxy) is 1. The first kappa shape index (κ1) is 36.4. The molecule has 292 valence electrons. The highest BCUT2D eigenvalue weighted by molar-refractivity contribution is 6.23. The van der Waals surface area contributed by atoms with E-state index in [0.29, 0.717) is 48.4 Å². The number of nitrogen functional groups attached to an aromatic ring is 1. The maximum atomic E-state index is 16.2. The summed E-state index contributed by atoms with van der Waals surface area (Å²) in [5, 5.41) is 11.4. The van der Waals surface area contributed by atoms with Crippen LogP contribution in [0.5, 0.6) is 11.5 Å². The Balaban J connectivity index is 0.833. The average Bonchev–Trinajstić information content (AvgIpc) is 3.73. The molecule has 3 aliphatic heterocycles. The van der Waals surface area contributed by atoms with Crippen LogP contribution in [-0.2, 0) is 9.59 Å². The predicted octanol–water partition coefficient (Wildman–Crippen LogP) is 5.21. The molecule has 4 aliphatic rings. The first-order chi connectivity index (χ1) is 27.7. The van der Waals surface area contributed by atoms with Crippen molar-refractivity contribution in [3.8, 4) is 22.8 Å². The minimum atomic E-state index is -1.14. The number of nitrogens with zero attached hydrogens (tertiary/aromatic N) is 6. The van der Waals surface area contributed by atoms with E-state index < -0.39 is 41.9 Å². The second kappa shape index (κ2) is 15.0. The Bertz CT molecular complexity index is 2370. The summed E-state index contributed by atoms with van der Waals surface area (Å²) >= 11 is 0. The van der Waals surface area contributed by atoms with Gasteiger partial charge < -0.3 is 20.7 Å². The number of halogens is 1. The summed E-state index contributed by atoms with van der Waals surface area (Å²) in [6, 6.07) is 20.9. The van der Waals surface area contributed by atoms with Crippen LogP contribution in [0, 0.1) is 5.92 Å². The van der Waals surface area contributed by atoms with E-state index >= 15 is 4.39 Å². The van der Waals surface area contributed by atoms with E-state index in [1.54, 1.807) is 16.8 Å². The molecule has 4 amide bonds. The lowest BCUT2D eigenvalue weighted by atomic mass is 9.84. The molecule has 57 heavy (non-hydrogen) atoms. The number of anilines is 2. The standard InChI is InChI=1S/C42H42FN9O5/c43-32-19-24(8-15-33(32)52-39-36(38(44)46-23-47-39)37(49-52)25-9-12-29(13-10-25)57-28-6-2-1-3-7-28)21-45-26-5-4-18-50(22-26)27-11-14-30-31(20-27)42(56)51(41(30)55)34-16-17-35(53)48-40(34)54/h1-3,6-7,9-14,20,23-24,26,32-34,45H,4-5,8,15-19,21-22H2,(H2,44,46,47)(H,48,53,54)/t24?,26-,32?,33?,34?/m0/s1. The van der Waals surface area contributed by atoms with Crippen LogP contribution in [0.1, 0.15) is 71.7 Å².